The van der Waals surface area contributed by atoms with Crippen LogP contribution in [-0.4, -0.2) is 36.3 Å². The van der Waals surface area contributed by atoms with Crippen LogP contribution in [0.3, 0.4) is 0 Å². The van der Waals surface area contributed by atoms with Gasteiger partial charge in [-0.3, -0.25) is 20.3 Å². The first-order chi connectivity index (χ1) is 13.2. The van der Waals surface area contributed by atoms with Gasteiger partial charge in [0.05, 0.1) is 0 Å². The maximum Gasteiger partial charge on any atom is 0.258 e. The van der Waals surface area contributed by atoms with Crippen molar-refractivity contribution in [1.29, 1.82) is 0 Å². The number of aromatic nitrogens is 6. The van der Waals surface area contributed by atoms with Gasteiger partial charge in [0.2, 0.25) is 5.95 Å². The van der Waals surface area contributed by atoms with Crippen molar-refractivity contribution >= 4 is 11.9 Å². The van der Waals surface area contributed by atoms with Crippen LogP contribution >= 0.6 is 0 Å². The van der Waals surface area contributed by atoms with Crippen LogP contribution in [0.4, 0.5) is 10.3 Å². The highest BCUT2D eigenvalue weighted by molar-refractivity contribution is 6.03. The third-order valence-corrected chi connectivity index (χ3v) is 3.85. The van der Waals surface area contributed by atoms with E-state index in [1.54, 1.807) is 36.4 Å². The molecule has 0 radical (unpaired) electrons. The summed E-state index contributed by atoms with van der Waals surface area (Å²) in [4.78, 5) is 20.6. The molecule has 0 spiro atoms. The van der Waals surface area contributed by atoms with Gasteiger partial charge in [0.25, 0.3) is 5.91 Å². The Morgan fingerprint density at radius 1 is 1.11 bits per heavy atom. The summed E-state index contributed by atoms with van der Waals surface area (Å²) < 4.78 is 13.2. The van der Waals surface area contributed by atoms with Crippen molar-refractivity contribution in [3.05, 3.63) is 77.6 Å². The molecule has 9 heteroatoms. The molecule has 27 heavy (non-hydrogen) atoms. The van der Waals surface area contributed by atoms with Gasteiger partial charge in [0.15, 0.2) is 5.82 Å². The Morgan fingerprint density at radius 2 is 1.96 bits per heavy atom. The van der Waals surface area contributed by atoms with Crippen molar-refractivity contribution in [1.82, 2.24) is 30.4 Å². The van der Waals surface area contributed by atoms with Crippen molar-refractivity contribution in [2.45, 2.75) is 6.42 Å². The lowest BCUT2D eigenvalue weighted by Crippen LogP contribution is -2.13. The van der Waals surface area contributed by atoms with Crippen LogP contribution < -0.4 is 5.32 Å². The molecule has 0 aliphatic rings. The highest BCUT2D eigenvalue weighted by atomic mass is 19.1. The van der Waals surface area contributed by atoms with E-state index in [9.17, 15) is 9.18 Å². The Kier molecular flexibility index (Phi) is 4.40. The van der Waals surface area contributed by atoms with Crippen LogP contribution in [0.25, 0.3) is 11.4 Å². The number of H-pyrrole nitrogens is 2. The van der Waals surface area contributed by atoms with Gasteiger partial charge >= 0.3 is 0 Å². The first-order valence-electron chi connectivity index (χ1n) is 8.10. The van der Waals surface area contributed by atoms with Crippen LogP contribution in [0, 0.1) is 5.82 Å². The minimum atomic E-state index is -0.338. The Morgan fingerprint density at radius 3 is 2.70 bits per heavy atom. The number of aromatic amines is 2. The van der Waals surface area contributed by atoms with Gasteiger partial charge in [-0.2, -0.15) is 10.1 Å². The summed E-state index contributed by atoms with van der Waals surface area (Å²) in [6.07, 6.45) is 1.80. The summed E-state index contributed by atoms with van der Waals surface area (Å²) in [6, 6.07) is 13.1. The monoisotopic (exact) mass is 363 g/mol. The predicted octanol–water partition coefficient (Wildman–Crippen LogP) is 2.57. The SMILES string of the molecule is O=C(Nc1n[nH]c(Cc2cccc(F)c2)n1)c1ccc(-c2ncn[nH]2)cc1. The second-order valence-corrected chi connectivity index (χ2v) is 5.78. The third kappa shape index (κ3) is 3.87. The smallest absolute Gasteiger partial charge is 0.258 e. The molecule has 0 saturated carbocycles. The van der Waals surface area contributed by atoms with Gasteiger partial charge < -0.3 is 0 Å². The number of hydrogen-bond donors (Lipinski definition) is 3. The number of nitrogens with zero attached hydrogens (tertiary/aromatic N) is 4. The molecule has 0 aliphatic carbocycles. The zero-order valence-corrected chi connectivity index (χ0v) is 14.0. The molecule has 0 fully saturated rings. The fraction of sp³-hybridized carbons (Fsp3) is 0.0556. The zero-order chi connectivity index (χ0) is 18.6. The molecule has 3 N–H and O–H groups in total. The summed E-state index contributed by atoms with van der Waals surface area (Å²) in [5.41, 5.74) is 2.03. The lowest BCUT2D eigenvalue weighted by atomic mass is 10.1. The average molecular weight is 363 g/mol. The fourth-order valence-corrected chi connectivity index (χ4v) is 2.57. The second kappa shape index (κ2) is 7.16. The molecular weight excluding hydrogens is 349 g/mol. The molecule has 4 aromatic rings. The van der Waals surface area contributed by atoms with Gasteiger partial charge in [0, 0.05) is 17.5 Å². The van der Waals surface area contributed by atoms with Crippen molar-refractivity contribution in [3.63, 3.8) is 0 Å². The first kappa shape index (κ1) is 16.6. The molecule has 0 saturated heterocycles. The van der Waals surface area contributed by atoms with Gasteiger partial charge in [0.1, 0.15) is 18.0 Å². The third-order valence-electron chi connectivity index (χ3n) is 3.85. The van der Waals surface area contributed by atoms with E-state index in [0.29, 0.717) is 23.6 Å². The lowest BCUT2D eigenvalue weighted by molar-refractivity contribution is 0.102. The summed E-state index contributed by atoms with van der Waals surface area (Å²) in [5.74, 6) is 0.657. The zero-order valence-electron chi connectivity index (χ0n) is 14.0. The Labute approximate surface area is 152 Å². The van der Waals surface area contributed by atoms with E-state index < -0.39 is 0 Å². The Balaban J connectivity index is 1.42. The highest BCUT2D eigenvalue weighted by Gasteiger charge is 2.11. The maximum atomic E-state index is 13.2. The molecule has 2 heterocycles. The van der Waals surface area contributed by atoms with Crippen molar-refractivity contribution in [2.75, 3.05) is 5.32 Å². The normalized spacial score (nSPS) is 10.7. The Hall–Kier alpha value is -3.88. The molecule has 2 aromatic heterocycles. The standard InChI is InChI=1S/C18H14FN7O/c19-14-3-1-2-11(8-14)9-15-22-18(26-24-15)23-17(27)13-6-4-12(5-7-13)16-20-10-21-25-16/h1-8,10H,9H2,(H,20,21,25)(H2,22,23,24,26,27). The summed E-state index contributed by atoms with van der Waals surface area (Å²) in [5, 5.41) is 15.9. The second-order valence-electron chi connectivity index (χ2n) is 5.78. The molecule has 0 bridgehead atoms. The van der Waals surface area contributed by atoms with E-state index in [4.69, 9.17) is 0 Å². The predicted molar refractivity (Wildman–Crippen MR) is 95.4 cm³/mol. The largest absolute Gasteiger partial charge is 0.289 e. The van der Waals surface area contributed by atoms with Gasteiger partial charge in [-0.1, -0.05) is 24.3 Å². The van der Waals surface area contributed by atoms with E-state index in [0.717, 1.165) is 11.1 Å². The molecule has 8 nitrogen and oxygen atoms in total. The van der Waals surface area contributed by atoms with E-state index in [1.165, 1.54) is 18.5 Å². The molecule has 2 aromatic carbocycles. The topological polar surface area (TPSA) is 112 Å². The number of carbonyl (C=O) groups excluding carboxylic acids is 1. The number of halogens is 1. The van der Waals surface area contributed by atoms with E-state index in [1.807, 2.05) is 0 Å². The number of rotatable bonds is 5. The number of anilines is 1. The number of hydrogen-bond acceptors (Lipinski definition) is 5. The van der Waals surface area contributed by atoms with Gasteiger partial charge in [-0.15, -0.1) is 5.10 Å². The van der Waals surface area contributed by atoms with Crippen LogP contribution in [0.5, 0.6) is 0 Å². The van der Waals surface area contributed by atoms with Crippen LogP contribution in [-0.2, 0) is 6.42 Å². The van der Waals surface area contributed by atoms with Gasteiger partial charge in [-0.25, -0.2) is 9.37 Å². The fourth-order valence-electron chi connectivity index (χ4n) is 2.57. The van der Waals surface area contributed by atoms with Gasteiger partial charge in [-0.05, 0) is 29.8 Å². The molecule has 1 amide bonds. The van der Waals surface area contributed by atoms with Crippen LogP contribution in [0.1, 0.15) is 21.7 Å². The number of nitrogens with one attached hydrogen (secondary N) is 3. The number of benzene rings is 2. The quantitative estimate of drug-likeness (QED) is 0.504. The molecule has 134 valence electrons. The minimum absolute atomic E-state index is 0.158. The summed E-state index contributed by atoms with van der Waals surface area (Å²) in [7, 11) is 0. The van der Waals surface area contributed by atoms with Crippen LogP contribution in [0.2, 0.25) is 0 Å². The van der Waals surface area contributed by atoms with Crippen molar-refractivity contribution in [2.24, 2.45) is 0 Å². The van der Waals surface area contributed by atoms with E-state index in [-0.39, 0.29) is 17.7 Å². The molecule has 0 aliphatic heterocycles. The maximum absolute atomic E-state index is 13.2. The number of amides is 1. The molecule has 0 atom stereocenters. The molecule has 0 unspecified atom stereocenters. The lowest BCUT2D eigenvalue weighted by Gasteiger charge is -2.02. The summed E-state index contributed by atoms with van der Waals surface area (Å²) in [6.45, 7) is 0. The summed E-state index contributed by atoms with van der Waals surface area (Å²) >= 11 is 0. The molecule has 4 rings (SSSR count). The highest BCUT2D eigenvalue weighted by Crippen LogP contribution is 2.15. The van der Waals surface area contributed by atoms with E-state index in [2.05, 4.69) is 35.7 Å². The minimum Gasteiger partial charge on any atom is -0.289 e. The Bertz CT molecular complexity index is 1060. The van der Waals surface area contributed by atoms with E-state index >= 15 is 0 Å². The van der Waals surface area contributed by atoms with Crippen molar-refractivity contribution in [3.8, 4) is 11.4 Å². The van der Waals surface area contributed by atoms with Crippen LogP contribution in [0.15, 0.2) is 54.9 Å². The van der Waals surface area contributed by atoms with Crippen molar-refractivity contribution < 1.29 is 9.18 Å². The molecular formula is C18H14FN7O. The average Bonchev–Trinajstić information content (AvgIpc) is 3.34. The first-order valence-corrected chi connectivity index (χ1v) is 8.10. The number of carbonyl (C=O) groups is 1.